The zero-order valence-corrected chi connectivity index (χ0v) is 21.9. The smallest absolute Gasteiger partial charge is 0.164 e. The molecule has 0 heterocycles. The van der Waals surface area contributed by atoms with E-state index in [0.717, 1.165) is 56.0 Å². The van der Waals surface area contributed by atoms with Crippen LogP contribution < -0.4 is 4.74 Å². The zero-order chi connectivity index (χ0) is 22.7. The molecule has 0 aromatic heterocycles. The average Bonchev–Trinajstić information content (AvgIpc) is 2.80. The molecule has 0 aliphatic carbocycles. The Morgan fingerprint density at radius 3 is 2.12 bits per heavy atom. The van der Waals surface area contributed by atoms with E-state index in [9.17, 15) is 4.79 Å². The summed E-state index contributed by atoms with van der Waals surface area (Å²) in [6, 6.07) is 5.90. The van der Waals surface area contributed by atoms with Gasteiger partial charge in [-0.25, -0.2) is 0 Å². The summed E-state index contributed by atoms with van der Waals surface area (Å²) in [6.07, 6.45) is 11.1. The van der Waals surface area contributed by atoms with Gasteiger partial charge in [-0.05, 0) is 62.5 Å². The number of carbonyl (C=O) groups is 1. The van der Waals surface area contributed by atoms with E-state index in [1.54, 1.807) is 0 Å². The monoisotopic (exact) mass is 469 g/mol. The van der Waals surface area contributed by atoms with E-state index >= 15 is 0 Å². The van der Waals surface area contributed by atoms with Gasteiger partial charge in [0.2, 0.25) is 0 Å². The standard InChI is InChI=1S/C27H47NO3.ClH/c1-5-9-12-13-20-30-21-22-31-27-15-14-25(23-24(27)8-4)26(29)16-19-28(17-10-6-2)18-11-7-3;/h14-15,23H,5-13,16-22H2,1-4H3;1H. The van der Waals surface area contributed by atoms with Gasteiger partial charge in [-0.3, -0.25) is 4.79 Å². The summed E-state index contributed by atoms with van der Waals surface area (Å²) in [5.41, 5.74) is 1.91. The van der Waals surface area contributed by atoms with Crippen molar-refractivity contribution in [3.63, 3.8) is 0 Å². The van der Waals surface area contributed by atoms with E-state index in [1.807, 2.05) is 18.2 Å². The lowest BCUT2D eigenvalue weighted by atomic mass is 10.0. The Labute approximate surface area is 203 Å². The molecule has 0 atom stereocenters. The van der Waals surface area contributed by atoms with Gasteiger partial charge >= 0.3 is 0 Å². The molecule has 0 radical (unpaired) electrons. The Kier molecular flexibility index (Phi) is 19.8. The van der Waals surface area contributed by atoms with Crippen molar-refractivity contribution in [3.8, 4) is 5.75 Å². The van der Waals surface area contributed by atoms with E-state index in [1.165, 1.54) is 44.9 Å². The van der Waals surface area contributed by atoms with Crippen molar-refractivity contribution >= 4 is 18.2 Å². The second kappa shape index (κ2) is 20.5. The molecule has 0 amide bonds. The molecule has 1 rings (SSSR count). The topological polar surface area (TPSA) is 38.8 Å². The third-order valence-electron chi connectivity index (χ3n) is 5.70. The van der Waals surface area contributed by atoms with Gasteiger partial charge in [-0.15, -0.1) is 12.4 Å². The molecule has 0 aliphatic rings. The number of carbonyl (C=O) groups excluding carboxylic acids is 1. The lowest BCUT2D eigenvalue weighted by Gasteiger charge is -2.21. The van der Waals surface area contributed by atoms with Crippen molar-refractivity contribution in [2.75, 3.05) is 39.5 Å². The maximum atomic E-state index is 12.8. The molecule has 1 aromatic rings. The van der Waals surface area contributed by atoms with Crippen LogP contribution >= 0.6 is 12.4 Å². The number of benzene rings is 1. The van der Waals surface area contributed by atoms with E-state index in [-0.39, 0.29) is 18.2 Å². The SMILES string of the molecule is CCCCCCOCCOc1ccc(C(=O)CCN(CCCC)CCCC)cc1CC.Cl. The molecular weight excluding hydrogens is 422 g/mol. The van der Waals surface area contributed by atoms with Gasteiger partial charge in [0.25, 0.3) is 0 Å². The molecule has 0 fully saturated rings. The molecule has 1 aromatic carbocycles. The Hall–Kier alpha value is -1.10. The normalized spacial score (nSPS) is 10.9. The molecule has 5 heteroatoms. The van der Waals surface area contributed by atoms with Gasteiger partial charge in [-0.1, -0.05) is 59.8 Å². The Morgan fingerprint density at radius 1 is 0.812 bits per heavy atom. The van der Waals surface area contributed by atoms with Crippen LogP contribution in [0.2, 0.25) is 0 Å². The number of ketones is 1. The first kappa shape index (κ1) is 30.9. The lowest BCUT2D eigenvalue weighted by Crippen LogP contribution is -2.28. The van der Waals surface area contributed by atoms with Crippen LogP contribution in [0.15, 0.2) is 18.2 Å². The maximum Gasteiger partial charge on any atom is 0.164 e. The van der Waals surface area contributed by atoms with Crippen LogP contribution in [-0.4, -0.2) is 50.1 Å². The number of rotatable bonds is 20. The summed E-state index contributed by atoms with van der Waals surface area (Å²) in [6.45, 7) is 13.8. The molecule has 32 heavy (non-hydrogen) atoms. The zero-order valence-electron chi connectivity index (χ0n) is 21.1. The van der Waals surface area contributed by atoms with Crippen LogP contribution in [0.5, 0.6) is 5.75 Å². The third-order valence-corrected chi connectivity index (χ3v) is 5.70. The number of hydrogen-bond acceptors (Lipinski definition) is 4. The van der Waals surface area contributed by atoms with Crippen LogP contribution in [0.25, 0.3) is 0 Å². The Morgan fingerprint density at radius 2 is 1.50 bits per heavy atom. The average molecular weight is 470 g/mol. The highest BCUT2D eigenvalue weighted by Crippen LogP contribution is 2.22. The van der Waals surface area contributed by atoms with Crippen molar-refractivity contribution < 1.29 is 14.3 Å². The van der Waals surface area contributed by atoms with E-state index < -0.39 is 0 Å². The van der Waals surface area contributed by atoms with E-state index in [2.05, 4.69) is 32.6 Å². The summed E-state index contributed by atoms with van der Waals surface area (Å²) >= 11 is 0. The molecule has 4 nitrogen and oxygen atoms in total. The fourth-order valence-corrected chi connectivity index (χ4v) is 3.62. The van der Waals surface area contributed by atoms with Crippen LogP contribution in [0.3, 0.4) is 0 Å². The summed E-state index contributed by atoms with van der Waals surface area (Å²) in [5.74, 6) is 1.11. The lowest BCUT2D eigenvalue weighted by molar-refractivity contribution is 0.0957. The highest BCUT2D eigenvalue weighted by atomic mass is 35.5. The number of nitrogens with zero attached hydrogens (tertiary/aromatic N) is 1. The van der Waals surface area contributed by atoms with Crippen LogP contribution in [0.4, 0.5) is 0 Å². The largest absolute Gasteiger partial charge is 0.491 e. The first-order chi connectivity index (χ1) is 15.2. The quantitative estimate of drug-likeness (QED) is 0.150. The molecule has 0 bridgehead atoms. The number of aryl methyl sites for hydroxylation is 1. The predicted octanol–water partition coefficient (Wildman–Crippen LogP) is 7.12. The minimum absolute atomic E-state index is 0. The number of unbranched alkanes of at least 4 members (excludes halogenated alkanes) is 5. The van der Waals surface area contributed by atoms with Gasteiger partial charge < -0.3 is 14.4 Å². The van der Waals surface area contributed by atoms with Gasteiger partial charge in [0.05, 0.1) is 6.61 Å². The molecular formula is C27H48ClNO3. The fourth-order valence-electron chi connectivity index (χ4n) is 3.62. The van der Waals surface area contributed by atoms with Gasteiger partial charge in [-0.2, -0.15) is 0 Å². The molecule has 0 saturated heterocycles. The Balaban J connectivity index is 0.00000961. The van der Waals surface area contributed by atoms with Gasteiger partial charge in [0.1, 0.15) is 12.4 Å². The second-order valence-electron chi connectivity index (χ2n) is 8.42. The molecule has 0 aliphatic heterocycles. The highest BCUT2D eigenvalue weighted by molar-refractivity contribution is 5.96. The summed E-state index contributed by atoms with van der Waals surface area (Å²) in [4.78, 5) is 15.2. The first-order valence-corrected chi connectivity index (χ1v) is 12.7. The highest BCUT2D eigenvalue weighted by Gasteiger charge is 2.12. The van der Waals surface area contributed by atoms with E-state index in [4.69, 9.17) is 9.47 Å². The van der Waals surface area contributed by atoms with Crippen LogP contribution in [0.1, 0.15) is 101 Å². The number of halogens is 1. The molecule has 0 spiro atoms. The number of hydrogen-bond donors (Lipinski definition) is 0. The number of ether oxygens (including phenoxy) is 2. The third kappa shape index (κ3) is 13.4. The van der Waals surface area contributed by atoms with Crippen molar-refractivity contribution in [1.29, 1.82) is 0 Å². The van der Waals surface area contributed by atoms with E-state index in [0.29, 0.717) is 19.6 Å². The summed E-state index contributed by atoms with van der Waals surface area (Å²) in [7, 11) is 0. The second-order valence-corrected chi connectivity index (χ2v) is 8.42. The minimum atomic E-state index is 0. The first-order valence-electron chi connectivity index (χ1n) is 12.7. The maximum absolute atomic E-state index is 12.8. The predicted molar refractivity (Wildman–Crippen MR) is 139 cm³/mol. The molecule has 0 N–H and O–H groups in total. The van der Waals surface area contributed by atoms with Crippen molar-refractivity contribution in [2.45, 2.75) is 91.9 Å². The van der Waals surface area contributed by atoms with Gasteiger partial charge in [0.15, 0.2) is 5.78 Å². The van der Waals surface area contributed by atoms with Crippen LogP contribution in [0, 0.1) is 0 Å². The minimum Gasteiger partial charge on any atom is -0.491 e. The van der Waals surface area contributed by atoms with Crippen LogP contribution in [-0.2, 0) is 11.2 Å². The molecule has 186 valence electrons. The summed E-state index contributed by atoms with van der Waals surface area (Å²) < 4.78 is 11.6. The van der Waals surface area contributed by atoms with Crippen molar-refractivity contribution in [2.24, 2.45) is 0 Å². The Bertz CT molecular complexity index is 586. The molecule has 0 saturated carbocycles. The van der Waals surface area contributed by atoms with Gasteiger partial charge in [0, 0.05) is 25.1 Å². The summed E-state index contributed by atoms with van der Waals surface area (Å²) in [5, 5.41) is 0. The molecule has 0 unspecified atom stereocenters. The van der Waals surface area contributed by atoms with Crippen molar-refractivity contribution in [3.05, 3.63) is 29.3 Å². The number of Topliss-reactive ketones (excluding diaryl/α,β-unsaturated/α-hetero) is 1. The fraction of sp³-hybridized carbons (Fsp3) is 0.741. The van der Waals surface area contributed by atoms with Crippen molar-refractivity contribution in [1.82, 2.24) is 4.90 Å².